The van der Waals surface area contributed by atoms with Crippen molar-refractivity contribution in [3.63, 3.8) is 0 Å². The second kappa shape index (κ2) is 6.50. The number of carbonyl (C=O) groups excluding carboxylic acids is 1. The summed E-state index contributed by atoms with van der Waals surface area (Å²) in [5.74, 6) is 0.471. The molecule has 1 aromatic carbocycles. The molecule has 0 heterocycles. The zero-order valence-corrected chi connectivity index (χ0v) is 13.4. The zero-order chi connectivity index (χ0) is 15.4. The van der Waals surface area contributed by atoms with E-state index in [4.69, 9.17) is 5.73 Å². The number of benzene rings is 1. The van der Waals surface area contributed by atoms with Gasteiger partial charge in [0.25, 0.3) is 0 Å². The van der Waals surface area contributed by atoms with E-state index in [9.17, 15) is 9.90 Å². The fourth-order valence-electron chi connectivity index (χ4n) is 1.88. The highest BCUT2D eigenvalue weighted by Crippen LogP contribution is 2.24. The van der Waals surface area contributed by atoms with Crippen LogP contribution in [0.5, 0.6) is 0 Å². The topological polar surface area (TPSA) is 75.3 Å². The summed E-state index contributed by atoms with van der Waals surface area (Å²) in [6, 6.07) is 7.28. The summed E-state index contributed by atoms with van der Waals surface area (Å²) in [5, 5.41) is 12.9. The molecule has 0 radical (unpaired) electrons. The standard InChI is InChI=1S/C15H24N2O2S/c1-14(2,11-5-7-12(16)8-6-11)13(18)17-9-15(3,19)10-20-4/h5-8,19H,9-10,16H2,1-4H3,(H,17,18). The minimum absolute atomic E-state index is 0.108. The third kappa shape index (κ3) is 4.42. The van der Waals surface area contributed by atoms with Crippen molar-refractivity contribution in [2.24, 2.45) is 0 Å². The van der Waals surface area contributed by atoms with Gasteiger partial charge in [0, 0.05) is 18.0 Å². The van der Waals surface area contributed by atoms with E-state index >= 15 is 0 Å². The van der Waals surface area contributed by atoms with Gasteiger partial charge in [0.2, 0.25) is 5.91 Å². The molecule has 1 aromatic rings. The van der Waals surface area contributed by atoms with Crippen molar-refractivity contribution in [3.8, 4) is 0 Å². The van der Waals surface area contributed by atoms with Crippen molar-refractivity contribution >= 4 is 23.4 Å². The highest BCUT2D eigenvalue weighted by Gasteiger charge is 2.31. The molecule has 4 nitrogen and oxygen atoms in total. The van der Waals surface area contributed by atoms with Crippen LogP contribution in [-0.2, 0) is 10.2 Å². The first kappa shape index (κ1) is 16.9. The fraction of sp³-hybridized carbons (Fsp3) is 0.533. The maximum atomic E-state index is 12.3. The van der Waals surface area contributed by atoms with Gasteiger partial charge in [-0.15, -0.1) is 0 Å². The number of anilines is 1. The van der Waals surface area contributed by atoms with Crippen molar-refractivity contribution in [1.82, 2.24) is 5.32 Å². The van der Waals surface area contributed by atoms with E-state index in [0.29, 0.717) is 11.4 Å². The molecule has 0 aliphatic carbocycles. The van der Waals surface area contributed by atoms with Gasteiger partial charge in [0.05, 0.1) is 11.0 Å². The summed E-state index contributed by atoms with van der Waals surface area (Å²) in [4.78, 5) is 12.3. The number of amides is 1. The SMILES string of the molecule is CSCC(C)(O)CNC(=O)C(C)(C)c1ccc(N)cc1. The molecule has 5 heteroatoms. The molecule has 112 valence electrons. The van der Waals surface area contributed by atoms with Crippen LogP contribution in [0.4, 0.5) is 5.69 Å². The second-order valence-corrected chi connectivity index (χ2v) is 6.73. The van der Waals surface area contributed by atoms with Crippen LogP contribution in [0.3, 0.4) is 0 Å². The molecule has 1 rings (SSSR count). The van der Waals surface area contributed by atoms with E-state index in [0.717, 1.165) is 5.56 Å². The third-order valence-corrected chi connectivity index (χ3v) is 4.20. The maximum absolute atomic E-state index is 12.3. The first-order valence-corrected chi connectivity index (χ1v) is 7.94. The Hall–Kier alpha value is -1.20. The van der Waals surface area contributed by atoms with E-state index in [2.05, 4.69) is 5.32 Å². The molecule has 1 atom stereocenters. The predicted octanol–water partition coefficient (Wildman–Crippen LogP) is 1.78. The molecule has 1 amide bonds. The van der Waals surface area contributed by atoms with Crippen LogP contribution < -0.4 is 11.1 Å². The van der Waals surface area contributed by atoms with Gasteiger partial charge in [0.1, 0.15) is 0 Å². The van der Waals surface area contributed by atoms with E-state index in [1.165, 1.54) is 0 Å². The highest BCUT2D eigenvalue weighted by atomic mass is 32.2. The quantitative estimate of drug-likeness (QED) is 0.699. The van der Waals surface area contributed by atoms with Crippen molar-refractivity contribution in [3.05, 3.63) is 29.8 Å². The van der Waals surface area contributed by atoms with Gasteiger partial charge in [-0.25, -0.2) is 0 Å². The maximum Gasteiger partial charge on any atom is 0.230 e. The number of rotatable bonds is 6. The number of hydrogen-bond donors (Lipinski definition) is 3. The lowest BCUT2D eigenvalue weighted by Gasteiger charge is -2.28. The first-order chi connectivity index (χ1) is 9.19. The molecular weight excluding hydrogens is 272 g/mol. The van der Waals surface area contributed by atoms with Crippen molar-refractivity contribution in [2.45, 2.75) is 31.8 Å². The minimum atomic E-state index is -0.897. The van der Waals surface area contributed by atoms with Crippen LogP contribution in [0.1, 0.15) is 26.3 Å². The smallest absolute Gasteiger partial charge is 0.230 e. The van der Waals surface area contributed by atoms with E-state index in [1.54, 1.807) is 30.8 Å². The second-order valence-electron chi connectivity index (χ2n) is 5.86. The lowest BCUT2D eigenvalue weighted by atomic mass is 9.83. The fourth-order valence-corrected chi connectivity index (χ4v) is 2.61. The lowest BCUT2D eigenvalue weighted by Crippen LogP contribution is -2.48. The predicted molar refractivity (Wildman–Crippen MR) is 85.9 cm³/mol. The molecule has 0 aliphatic rings. The average molecular weight is 296 g/mol. The Bertz CT molecular complexity index is 455. The molecule has 0 saturated heterocycles. The Morgan fingerprint density at radius 3 is 2.35 bits per heavy atom. The number of hydrogen-bond acceptors (Lipinski definition) is 4. The van der Waals surface area contributed by atoms with Crippen molar-refractivity contribution < 1.29 is 9.90 Å². The number of nitrogens with one attached hydrogen (secondary N) is 1. The molecule has 0 bridgehead atoms. The van der Waals surface area contributed by atoms with Crippen molar-refractivity contribution in [2.75, 3.05) is 24.3 Å². The Balaban J connectivity index is 2.72. The Morgan fingerprint density at radius 1 is 1.30 bits per heavy atom. The molecule has 0 fully saturated rings. The number of nitrogen functional groups attached to an aromatic ring is 1. The monoisotopic (exact) mass is 296 g/mol. The highest BCUT2D eigenvalue weighted by molar-refractivity contribution is 7.98. The molecule has 0 spiro atoms. The summed E-state index contributed by atoms with van der Waals surface area (Å²) in [7, 11) is 0. The molecular formula is C15H24N2O2S. The largest absolute Gasteiger partial charge is 0.399 e. The van der Waals surface area contributed by atoms with E-state index < -0.39 is 11.0 Å². The number of aliphatic hydroxyl groups is 1. The Morgan fingerprint density at radius 2 is 1.85 bits per heavy atom. The Kier molecular flexibility index (Phi) is 5.48. The van der Waals surface area contributed by atoms with Gasteiger partial charge in [-0.2, -0.15) is 11.8 Å². The average Bonchev–Trinajstić information content (AvgIpc) is 2.36. The van der Waals surface area contributed by atoms with Gasteiger partial charge in [-0.1, -0.05) is 12.1 Å². The molecule has 0 aliphatic heterocycles. The lowest BCUT2D eigenvalue weighted by molar-refractivity contribution is -0.126. The summed E-state index contributed by atoms with van der Waals surface area (Å²) >= 11 is 1.55. The molecule has 4 N–H and O–H groups in total. The summed E-state index contributed by atoms with van der Waals surface area (Å²) < 4.78 is 0. The molecule has 0 aromatic heterocycles. The van der Waals surface area contributed by atoms with Crippen molar-refractivity contribution in [1.29, 1.82) is 0 Å². The molecule has 1 unspecified atom stereocenters. The van der Waals surface area contributed by atoms with Crippen LogP contribution in [-0.4, -0.2) is 35.2 Å². The third-order valence-electron chi connectivity index (χ3n) is 3.29. The van der Waals surface area contributed by atoms with Crippen LogP contribution in [0, 0.1) is 0 Å². The van der Waals surface area contributed by atoms with Gasteiger partial charge >= 0.3 is 0 Å². The first-order valence-electron chi connectivity index (χ1n) is 6.55. The van der Waals surface area contributed by atoms with Crippen LogP contribution in [0.15, 0.2) is 24.3 Å². The van der Waals surface area contributed by atoms with Gasteiger partial charge in [0.15, 0.2) is 0 Å². The van der Waals surface area contributed by atoms with Gasteiger partial charge < -0.3 is 16.2 Å². The molecule has 20 heavy (non-hydrogen) atoms. The number of nitrogens with two attached hydrogens (primary N) is 1. The van der Waals surface area contributed by atoms with E-state index in [-0.39, 0.29) is 12.5 Å². The Labute approximate surface area is 125 Å². The number of thioether (sulfide) groups is 1. The summed E-state index contributed by atoms with van der Waals surface area (Å²) in [6.45, 7) is 5.68. The van der Waals surface area contributed by atoms with Crippen LogP contribution >= 0.6 is 11.8 Å². The van der Waals surface area contributed by atoms with Crippen LogP contribution in [0.25, 0.3) is 0 Å². The van der Waals surface area contributed by atoms with E-state index in [1.807, 2.05) is 32.2 Å². The van der Waals surface area contributed by atoms with Crippen LogP contribution in [0.2, 0.25) is 0 Å². The van der Waals surface area contributed by atoms with Gasteiger partial charge in [-0.05, 0) is 44.7 Å². The molecule has 0 saturated carbocycles. The summed E-state index contributed by atoms with van der Waals surface area (Å²) in [5.41, 5.74) is 5.67. The number of carbonyl (C=O) groups is 1. The van der Waals surface area contributed by atoms with Gasteiger partial charge in [-0.3, -0.25) is 4.79 Å². The minimum Gasteiger partial charge on any atom is -0.399 e. The normalized spacial score (nSPS) is 14.7. The summed E-state index contributed by atoms with van der Waals surface area (Å²) in [6.07, 6.45) is 1.93. The zero-order valence-electron chi connectivity index (χ0n) is 12.6.